The van der Waals surface area contributed by atoms with Crippen LogP contribution in [0, 0.1) is 0 Å². The van der Waals surface area contributed by atoms with Crippen molar-refractivity contribution in [3.8, 4) is 0 Å². The number of hydrogen-bond acceptors (Lipinski definition) is 6. The maximum atomic E-state index is 13.0. The summed E-state index contributed by atoms with van der Waals surface area (Å²) in [5.41, 5.74) is 6.07. The molecular weight excluding hydrogens is 372 g/mol. The Labute approximate surface area is 160 Å². The second kappa shape index (κ2) is 8.42. The molecule has 2 aliphatic heterocycles. The number of aromatic amines is 1. The van der Waals surface area contributed by atoms with Gasteiger partial charge in [0.1, 0.15) is 18.1 Å². The van der Waals surface area contributed by atoms with E-state index in [2.05, 4.69) is 20.6 Å². The minimum atomic E-state index is -0.891. The zero-order valence-corrected chi connectivity index (χ0v) is 15.5. The van der Waals surface area contributed by atoms with Crippen LogP contribution in [-0.2, 0) is 25.6 Å². The number of carbonyl (C=O) groups excluding carboxylic acids is 4. The van der Waals surface area contributed by atoms with Gasteiger partial charge in [-0.15, -0.1) is 11.8 Å². The fourth-order valence-electron chi connectivity index (χ4n) is 3.19. The molecule has 2 fully saturated rings. The van der Waals surface area contributed by atoms with E-state index < -0.39 is 29.9 Å². The van der Waals surface area contributed by atoms with E-state index in [4.69, 9.17) is 5.73 Å². The molecule has 27 heavy (non-hydrogen) atoms. The molecule has 0 radical (unpaired) electrons. The number of hydrogen-bond donors (Lipinski definition) is 4. The first-order chi connectivity index (χ1) is 13.0. The molecule has 1 aromatic heterocycles. The maximum Gasteiger partial charge on any atom is 0.246 e. The standard InChI is InChI=1S/C16H22N6O4S/c17-14(24)12-6-27-8-22(12)16(26)11(4-9-5-18-7-19-9)21-15(25)10-2-1-3-13(23)20-10/h5,7,10-12H,1-4,6,8H2,(H2,17,24)(H,18,19)(H,20,23)(H,21,25). The van der Waals surface area contributed by atoms with Crippen molar-refractivity contribution in [3.05, 3.63) is 18.2 Å². The van der Waals surface area contributed by atoms with Crippen molar-refractivity contribution in [1.29, 1.82) is 0 Å². The van der Waals surface area contributed by atoms with Gasteiger partial charge >= 0.3 is 0 Å². The summed E-state index contributed by atoms with van der Waals surface area (Å²) in [4.78, 5) is 57.0. The Kier molecular flexibility index (Phi) is 5.99. The number of rotatable bonds is 6. The topological polar surface area (TPSA) is 150 Å². The number of primary amides is 1. The van der Waals surface area contributed by atoms with E-state index in [1.165, 1.54) is 23.0 Å². The predicted octanol–water partition coefficient (Wildman–Crippen LogP) is -1.51. The number of thioether (sulfide) groups is 1. The number of piperidine rings is 1. The Morgan fingerprint density at radius 3 is 2.93 bits per heavy atom. The van der Waals surface area contributed by atoms with E-state index >= 15 is 0 Å². The van der Waals surface area contributed by atoms with Crippen LogP contribution in [0.25, 0.3) is 0 Å². The third-order valence-corrected chi connectivity index (χ3v) is 5.65. The molecule has 4 amide bonds. The fourth-order valence-corrected chi connectivity index (χ4v) is 4.36. The predicted molar refractivity (Wildman–Crippen MR) is 97.2 cm³/mol. The second-order valence-electron chi connectivity index (χ2n) is 6.58. The summed E-state index contributed by atoms with van der Waals surface area (Å²) in [6.07, 6.45) is 4.78. The largest absolute Gasteiger partial charge is 0.368 e. The van der Waals surface area contributed by atoms with E-state index in [1.807, 2.05) is 0 Å². The van der Waals surface area contributed by atoms with Crippen LogP contribution in [0.1, 0.15) is 25.0 Å². The van der Waals surface area contributed by atoms with Crippen molar-refractivity contribution in [3.63, 3.8) is 0 Å². The van der Waals surface area contributed by atoms with Gasteiger partial charge < -0.3 is 26.3 Å². The molecule has 2 aliphatic rings. The molecular formula is C16H22N6O4S. The van der Waals surface area contributed by atoms with Crippen molar-refractivity contribution in [2.24, 2.45) is 5.73 Å². The molecule has 146 valence electrons. The number of amides is 4. The maximum absolute atomic E-state index is 13.0. The lowest BCUT2D eigenvalue weighted by atomic mass is 10.0. The molecule has 2 saturated heterocycles. The van der Waals surface area contributed by atoms with E-state index in [9.17, 15) is 19.2 Å². The van der Waals surface area contributed by atoms with Gasteiger partial charge in [-0.2, -0.15) is 0 Å². The summed E-state index contributed by atoms with van der Waals surface area (Å²) in [6.45, 7) is 0. The first-order valence-electron chi connectivity index (χ1n) is 8.70. The third-order valence-electron chi connectivity index (χ3n) is 4.64. The summed E-state index contributed by atoms with van der Waals surface area (Å²) in [6, 6.07) is -2.25. The van der Waals surface area contributed by atoms with Crippen LogP contribution < -0.4 is 16.4 Å². The van der Waals surface area contributed by atoms with Crippen LogP contribution in [0.4, 0.5) is 0 Å². The molecule has 0 saturated carbocycles. The number of carbonyl (C=O) groups is 4. The summed E-state index contributed by atoms with van der Waals surface area (Å²) < 4.78 is 0. The number of H-pyrrole nitrogens is 1. The Balaban J connectivity index is 1.74. The summed E-state index contributed by atoms with van der Waals surface area (Å²) in [5, 5.41) is 5.37. The van der Waals surface area contributed by atoms with Crippen LogP contribution in [0.15, 0.2) is 12.5 Å². The average Bonchev–Trinajstić information content (AvgIpc) is 3.32. The minimum Gasteiger partial charge on any atom is -0.368 e. The van der Waals surface area contributed by atoms with Crippen LogP contribution in [0.2, 0.25) is 0 Å². The van der Waals surface area contributed by atoms with Crippen molar-refractivity contribution in [2.45, 2.75) is 43.8 Å². The highest BCUT2D eigenvalue weighted by atomic mass is 32.2. The lowest BCUT2D eigenvalue weighted by Gasteiger charge is -2.29. The normalized spacial score (nSPS) is 23.6. The molecule has 3 unspecified atom stereocenters. The van der Waals surface area contributed by atoms with Gasteiger partial charge in [0.15, 0.2) is 0 Å². The summed E-state index contributed by atoms with van der Waals surface area (Å²) in [5.74, 6) is -0.772. The van der Waals surface area contributed by atoms with Gasteiger partial charge in [-0.1, -0.05) is 0 Å². The minimum absolute atomic E-state index is 0.178. The third kappa shape index (κ3) is 4.59. The quantitative estimate of drug-likeness (QED) is 0.461. The van der Waals surface area contributed by atoms with Gasteiger partial charge in [-0.3, -0.25) is 19.2 Å². The Morgan fingerprint density at radius 1 is 1.44 bits per heavy atom. The van der Waals surface area contributed by atoms with Gasteiger partial charge in [0.25, 0.3) is 0 Å². The summed E-state index contributed by atoms with van der Waals surface area (Å²) >= 11 is 1.43. The number of nitrogens with zero attached hydrogens (tertiary/aromatic N) is 2. The zero-order valence-electron chi connectivity index (χ0n) is 14.6. The zero-order chi connectivity index (χ0) is 19.4. The average molecular weight is 394 g/mol. The Bertz CT molecular complexity index is 725. The van der Waals surface area contributed by atoms with Crippen molar-refractivity contribution in [1.82, 2.24) is 25.5 Å². The first kappa shape index (κ1) is 19.2. The first-order valence-corrected chi connectivity index (χ1v) is 9.85. The highest BCUT2D eigenvalue weighted by Gasteiger charge is 2.38. The number of nitrogens with one attached hydrogen (secondary N) is 3. The van der Waals surface area contributed by atoms with Gasteiger partial charge in [0.2, 0.25) is 23.6 Å². The molecule has 0 aliphatic carbocycles. The molecule has 3 atom stereocenters. The highest BCUT2D eigenvalue weighted by Crippen LogP contribution is 2.22. The SMILES string of the molecule is NC(=O)C1CSCN1C(=O)C(Cc1cnc[nH]1)NC(=O)C1CCCC(=O)N1. The molecule has 0 aromatic carbocycles. The molecule has 1 aromatic rings. The lowest BCUT2D eigenvalue weighted by Crippen LogP contribution is -2.57. The Hall–Kier alpha value is -2.56. The monoisotopic (exact) mass is 394 g/mol. The van der Waals surface area contributed by atoms with Gasteiger partial charge in [0.05, 0.1) is 12.2 Å². The summed E-state index contributed by atoms with van der Waals surface area (Å²) in [7, 11) is 0. The molecule has 0 spiro atoms. The van der Waals surface area contributed by atoms with E-state index in [1.54, 1.807) is 6.20 Å². The van der Waals surface area contributed by atoms with Gasteiger partial charge in [-0.05, 0) is 12.8 Å². The van der Waals surface area contributed by atoms with Crippen LogP contribution in [0.3, 0.4) is 0 Å². The van der Waals surface area contributed by atoms with E-state index in [-0.39, 0.29) is 18.2 Å². The molecule has 0 bridgehead atoms. The number of imidazole rings is 1. The van der Waals surface area contributed by atoms with E-state index in [0.29, 0.717) is 36.6 Å². The molecule has 5 N–H and O–H groups in total. The Morgan fingerprint density at radius 2 is 2.26 bits per heavy atom. The van der Waals surface area contributed by atoms with Gasteiger partial charge in [-0.25, -0.2) is 4.98 Å². The molecule has 11 heteroatoms. The lowest BCUT2D eigenvalue weighted by molar-refractivity contribution is -0.141. The van der Waals surface area contributed by atoms with Crippen LogP contribution in [-0.4, -0.2) is 68.3 Å². The smallest absolute Gasteiger partial charge is 0.246 e. The van der Waals surface area contributed by atoms with Crippen molar-refractivity contribution in [2.75, 3.05) is 11.6 Å². The van der Waals surface area contributed by atoms with Crippen LogP contribution >= 0.6 is 11.8 Å². The molecule has 3 heterocycles. The van der Waals surface area contributed by atoms with Gasteiger partial charge in [0, 0.05) is 30.5 Å². The van der Waals surface area contributed by atoms with E-state index in [0.717, 1.165) is 0 Å². The van der Waals surface area contributed by atoms with Crippen LogP contribution in [0.5, 0.6) is 0 Å². The van der Waals surface area contributed by atoms with Crippen molar-refractivity contribution >= 4 is 35.4 Å². The highest BCUT2D eigenvalue weighted by molar-refractivity contribution is 7.99. The number of aromatic nitrogens is 2. The fraction of sp³-hybridized carbons (Fsp3) is 0.562. The molecule has 10 nitrogen and oxygen atoms in total. The number of nitrogens with two attached hydrogens (primary N) is 1. The van der Waals surface area contributed by atoms with Crippen molar-refractivity contribution < 1.29 is 19.2 Å². The second-order valence-corrected chi connectivity index (χ2v) is 7.58. The molecule has 3 rings (SSSR count).